The third kappa shape index (κ3) is 2.54. The summed E-state index contributed by atoms with van der Waals surface area (Å²) >= 11 is 0. The van der Waals surface area contributed by atoms with Crippen LogP contribution in [-0.4, -0.2) is 15.7 Å². The van der Waals surface area contributed by atoms with Gasteiger partial charge in [0.1, 0.15) is 0 Å². The maximum Gasteiger partial charge on any atom is 0.255 e. The molecule has 0 bridgehead atoms. The van der Waals surface area contributed by atoms with Crippen LogP contribution in [0.4, 0.5) is 17.1 Å². The lowest BCUT2D eigenvalue weighted by Gasteiger charge is -2.04. The number of benzene rings is 1. The Balaban J connectivity index is 2.19. The lowest BCUT2D eigenvalue weighted by atomic mass is 10.1. The maximum atomic E-state index is 11.9. The normalized spacial score (nSPS) is 10.2. The summed E-state index contributed by atoms with van der Waals surface area (Å²) in [6.45, 7) is 0. The number of aryl methyl sites for hydroxylation is 1. The number of nitrogens with zero attached hydrogens (tertiary/aromatic N) is 2. The zero-order valence-electron chi connectivity index (χ0n) is 9.34. The first-order chi connectivity index (χ1) is 8.04. The van der Waals surface area contributed by atoms with Gasteiger partial charge in [-0.2, -0.15) is 5.10 Å². The second-order valence-electron chi connectivity index (χ2n) is 3.75. The van der Waals surface area contributed by atoms with Gasteiger partial charge in [-0.25, -0.2) is 0 Å². The Kier molecular flexibility index (Phi) is 2.70. The number of nitrogens with one attached hydrogen (secondary N) is 1. The molecule has 0 atom stereocenters. The van der Waals surface area contributed by atoms with Gasteiger partial charge >= 0.3 is 0 Å². The molecule has 0 aliphatic rings. The standard InChI is InChI=1S/C11H13N5O/c1-16-6-10(5-14-16)15-11(17)7-2-8(12)4-9(13)3-7/h2-6H,12-13H2,1H3,(H,15,17). The number of hydrogen-bond acceptors (Lipinski definition) is 4. The van der Waals surface area contributed by atoms with E-state index in [1.165, 1.54) is 0 Å². The van der Waals surface area contributed by atoms with E-state index in [4.69, 9.17) is 11.5 Å². The van der Waals surface area contributed by atoms with Crippen molar-refractivity contribution in [3.63, 3.8) is 0 Å². The van der Waals surface area contributed by atoms with Gasteiger partial charge in [-0.15, -0.1) is 0 Å². The molecule has 0 radical (unpaired) electrons. The fourth-order valence-electron chi connectivity index (χ4n) is 1.50. The molecule has 0 aliphatic carbocycles. The molecule has 0 fully saturated rings. The molecule has 0 spiro atoms. The van der Waals surface area contributed by atoms with Crippen LogP contribution in [0.2, 0.25) is 0 Å². The molecule has 88 valence electrons. The van der Waals surface area contributed by atoms with E-state index in [1.807, 2.05) is 0 Å². The summed E-state index contributed by atoms with van der Waals surface area (Å²) in [5.41, 5.74) is 13.2. The highest BCUT2D eigenvalue weighted by molar-refractivity contribution is 6.05. The van der Waals surface area contributed by atoms with Crippen LogP contribution in [0.5, 0.6) is 0 Å². The molecule has 0 unspecified atom stereocenters. The lowest BCUT2D eigenvalue weighted by molar-refractivity contribution is 0.102. The van der Waals surface area contributed by atoms with Gasteiger partial charge in [0.2, 0.25) is 0 Å². The fourth-order valence-corrected chi connectivity index (χ4v) is 1.50. The van der Waals surface area contributed by atoms with E-state index >= 15 is 0 Å². The molecule has 1 amide bonds. The highest BCUT2D eigenvalue weighted by Crippen LogP contribution is 2.15. The number of rotatable bonds is 2. The molecule has 6 heteroatoms. The van der Waals surface area contributed by atoms with E-state index in [-0.39, 0.29) is 5.91 Å². The highest BCUT2D eigenvalue weighted by atomic mass is 16.1. The number of anilines is 3. The maximum absolute atomic E-state index is 11.9. The van der Waals surface area contributed by atoms with Gasteiger partial charge in [-0.05, 0) is 18.2 Å². The average molecular weight is 231 g/mol. The van der Waals surface area contributed by atoms with Gasteiger partial charge in [-0.1, -0.05) is 0 Å². The third-order valence-electron chi connectivity index (χ3n) is 2.20. The summed E-state index contributed by atoms with van der Waals surface area (Å²) in [7, 11) is 1.77. The Hall–Kier alpha value is -2.50. The van der Waals surface area contributed by atoms with Gasteiger partial charge in [0, 0.05) is 30.2 Å². The molecule has 6 nitrogen and oxygen atoms in total. The average Bonchev–Trinajstić information content (AvgIpc) is 2.62. The monoisotopic (exact) mass is 231 g/mol. The van der Waals surface area contributed by atoms with Crippen LogP contribution in [0, 0.1) is 0 Å². The van der Waals surface area contributed by atoms with Crippen LogP contribution in [0.3, 0.4) is 0 Å². The molecule has 1 aromatic carbocycles. The second-order valence-corrected chi connectivity index (χ2v) is 3.75. The van der Waals surface area contributed by atoms with Crippen LogP contribution in [-0.2, 0) is 7.05 Å². The Morgan fingerprint density at radius 3 is 2.47 bits per heavy atom. The van der Waals surface area contributed by atoms with Crippen molar-refractivity contribution < 1.29 is 4.79 Å². The molecule has 0 saturated carbocycles. The van der Waals surface area contributed by atoms with E-state index < -0.39 is 0 Å². The quantitative estimate of drug-likeness (QED) is 0.667. The minimum Gasteiger partial charge on any atom is -0.399 e. The highest BCUT2D eigenvalue weighted by Gasteiger charge is 2.08. The minimum atomic E-state index is -0.267. The van der Waals surface area contributed by atoms with E-state index in [1.54, 1.807) is 42.3 Å². The van der Waals surface area contributed by atoms with Gasteiger partial charge in [0.15, 0.2) is 0 Å². The Morgan fingerprint density at radius 2 is 1.94 bits per heavy atom. The molecule has 5 N–H and O–H groups in total. The first kappa shape index (κ1) is 11.0. The first-order valence-electron chi connectivity index (χ1n) is 5.00. The van der Waals surface area contributed by atoms with Crippen molar-refractivity contribution in [2.75, 3.05) is 16.8 Å². The van der Waals surface area contributed by atoms with Crippen LogP contribution in [0.25, 0.3) is 0 Å². The summed E-state index contributed by atoms with van der Waals surface area (Å²) in [5.74, 6) is -0.267. The van der Waals surface area contributed by atoms with Crippen molar-refractivity contribution in [1.29, 1.82) is 0 Å². The zero-order chi connectivity index (χ0) is 12.4. The minimum absolute atomic E-state index is 0.267. The number of carbonyl (C=O) groups is 1. The first-order valence-corrected chi connectivity index (χ1v) is 5.00. The van der Waals surface area contributed by atoms with Gasteiger partial charge < -0.3 is 16.8 Å². The van der Waals surface area contributed by atoms with Crippen LogP contribution < -0.4 is 16.8 Å². The van der Waals surface area contributed by atoms with E-state index in [9.17, 15) is 4.79 Å². The number of hydrogen-bond donors (Lipinski definition) is 3. The van der Waals surface area contributed by atoms with Crippen molar-refractivity contribution in [3.8, 4) is 0 Å². The number of carbonyl (C=O) groups excluding carboxylic acids is 1. The zero-order valence-corrected chi connectivity index (χ0v) is 9.34. The molecule has 1 heterocycles. The Morgan fingerprint density at radius 1 is 1.29 bits per heavy atom. The van der Waals surface area contributed by atoms with Gasteiger partial charge in [0.05, 0.1) is 11.9 Å². The van der Waals surface area contributed by atoms with E-state index in [0.717, 1.165) is 0 Å². The summed E-state index contributed by atoms with van der Waals surface area (Å²) in [4.78, 5) is 11.9. The van der Waals surface area contributed by atoms with Crippen molar-refractivity contribution in [2.45, 2.75) is 0 Å². The van der Waals surface area contributed by atoms with Crippen LogP contribution >= 0.6 is 0 Å². The van der Waals surface area contributed by atoms with E-state index in [2.05, 4.69) is 10.4 Å². The van der Waals surface area contributed by atoms with Crippen LogP contribution in [0.15, 0.2) is 30.6 Å². The third-order valence-corrected chi connectivity index (χ3v) is 2.20. The van der Waals surface area contributed by atoms with Crippen LogP contribution in [0.1, 0.15) is 10.4 Å². The number of nitrogen functional groups attached to an aromatic ring is 2. The summed E-state index contributed by atoms with van der Waals surface area (Å²) < 4.78 is 1.60. The number of amides is 1. The SMILES string of the molecule is Cn1cc(NC(=O)c2cc(N)cc(N)c2)cn1. The summed E-state index contributed by atoms with van der Waals surface area (Å²) in [5, 5.41) is 6.65. The molecule has 2 aromatic rings. The molecular formula is C11H13N5O. The van der Waals surface area contributed by atoms with Gasteiger partial charge in [-0.3, -0.25) is 9.48 Å². The molecular weight excluding hydrogens is 218 g/mol. The van der Waals surface area contributed by atoms with Crippen molar-refractivity contribution >= 4 is 23.0 Å². The summed E-state index contributed by atoms with van der Waals surface area (Å²) in [6.07, 6.45) is 3.26. The molecule has 1 aromatic heterocycles. The topological polar surface area (TPSA) is 99.0 Å². The Bertz CT molecular complexity index is 540. The Labute approximate surface area is 98.2 Å². The number of aromatic nitrogens is 2. The second kappa shape index (κ2) is 4.17. The molecule has 0 saturated heterocycles. The largest absolute Gasteiger partial charge is 0.399 e. The molecule has 17 heavy (non-hydrogen) atoms. The smallest absolute Gasteiger partial charge is 0.255 e. The van der Waals surface area contributed by atoms with Crippen molar-refractivity contribution in [3.05, 3.63) is 36.2 Å². The fraction of sp³-hybridized carbons (Fsp3) is 0.0909. The number of nitrogens with two attached hydrogens (primary N) is 2. The lowest BCUT2D eigenvalue weighted by Crippen LogP contribution is -2.12. The predicted molar refractivity (Wildman–Crippen MR) is 66.4 cm³/mol. The van der Waals surface area contributed by atoms with Gasteiger partial charge in [0.25, 0.3) is 5.91 Å². The van der Waals surface area contributed by atoms with E-state index in [0.29, 0.717) is 22.6 Å². The molecule has 0 aliphatic heterocycles. The van der Waals surface area contributed by atoms with Crippen molar-refractivity contribution in [1.82, 2.24) is 9.78 Å². The summed E-state index contributed by atoms with van der Waals surface area (Å²) in [6, 6.07) is 4.74. The predicted octanol–water partition coefficient (Wildman–Crippen LogP) is 0.837. The molecule has 2 rings (SSSR count). The van der Waals surface area contributed by atoms with Crippen molar-refractivity contribution in [2.24, 2.45) is 7.05 Å².